The van der Waals surface area contributed by atoms with Crippen LogP contribution in [0.1, 0.15) is 33.6 Å². The van der Waals surface area contributed by atoms with Crippen molar-refractivity contribution in [1.82, 2.24) is 9.78 Å². The Bertz CT molecular complexity index is 526. The molecule has 0 bridgehead atoms. The number of nitrogens with zero attached hydrogens (tertiary/aromatic N) is 2. The fraction of sp³-hybridized carbons (Fsp3) is 0.667. The Hall–Kier alpha value is -1.24. The highest BCUT2D eigenvalue weighted by Crippen LogP contribution is 2.24. The molecule has 1 heterocycles. The Morgan fingerprint density at radius 2 is 2.00 bits per heavy atom. The molecule has 20 heavy (non-hydrogen) atoms. The summed E-state index contributed by atoms with van der Waals surface area (Å²) < 4.78 is 37.1. The van der Waals surface area contributed by atoms with Gasteiger partial charge in [0.05, 0.1) is 11.9 Å². The molecule has 8 heteroatoms. The maximum atomic E-state index is 12.3. The van der Waals surface area contributed by atoms with Gasteiger partial charge in [-0.25, -0.2) is 4.68 Å². The average Bonchev–Trinajstić information content (AvgIpc) is 2.27. The van der Waals surface area contributed by atoms with Crippen molar-refractivity contribution in [3.05, 3.63) is 21.6 Å². The Labute approximate surface area is 119 Å². The van der Waals surface area contributed by atoms with E-state index < -0.39 is 18.3 Å². The van der Waals surface area contributed by atoms with Crippen molar-refractivity contribution >= 4 is 17.3 Å². The highest BCUT2D eigenvalue weighted by Gasteiger charge is 2.30. The number of aromatic nitrogens is 2. The Kier molecular flexibility index (Phi) is 5.07. The van der Waals surface area contributed by atoms with Crippen LogP contribution in [0.5, 0.6) is 0 Å². The monoisotopic (exact) mass is 311 g/mol. The Morgan fingerprint density at radius 3 is 2.50 bits per heavy atom. The minimum Gasteiger partial charge on any atom is -0.377 e. The Balaban J connectivity index is 3.04. The minimum absolute atomic E-state index is 0.244. The first-order valence-corrected chi connectivity index (χ1v) is 6.54. The van der Waals surface area contributed by atoms with Crippen molar-refractivity contribution in [3.63, 3.8) is 0 Å². The van der Waals surface area contributed by atoms with Crippen LogP contribution < -0.4 is 10.9 Å². The second-order valence-corrected chi connectivity index (χ2v) is 5.59. The maximum Gasteiger partial charge on any atom is 0.408 e. The average molecular weight is 312 g/mol. The number of anilines is 1. The molecule has 1 aromatic heterocycles. The van der Waals surface area contributed by atoms with Gasteiger partial charge < -0.3 is 5.32 Å². The summed E-state index contributed by atoms with van der Waals surface area (Å²) in [5.41, 5.74) is -1.04. The molecular formula is C12H17ClF3N3O. The molecule has 1 N–H and O–H groups in total. The smallest absolute Gasteiger partial charge is 0.377 e. The second kappa shape index (κ2) is 6.03. The van der Waals surface area contributed by atoms with Gasteiger partial charge in [-0.15, -0.1) is 0 Å². The topological polar surface area (TPSA) is 46.9 Å². The molecule has 0 unspecified atom stereocenters. The number of hydrogen-bond acceptors (Lipinski definition) is 3. The lowest BCUT2D eigenvalue weighted by Gasteiger charge is -2.27. The van der Waals surface area contributed by atoms with Crippen LogP contribution in [0.4, 0.5) is 18.9 Å². The molecule has 0 saturated heterocycles. The first-order chi connectivity index (χ1) is 9.06. The summed E-state index contributed by atoms with van der Waals surface area (Å²) in [4.78, 5) is 11.7. The first-order valence-electron chi connectivity index (χ1n) is 6.16. The van der Waals surface area contributed by atoms with Crippen LogP contribution in [-0.4, -0.2) is 21.5 Å². The number of hydrogen-bond donors (Lipinski definition) is 1. The predicted octanol–water partition coefficient (Wildman–Crippen LogP) is 3.45. The second-order valence-electron chi connectivity index (χ2n) is 5.21. The molecule has 0 saturated carbocycles. The number of alkyl halides is 3. The first kappa shape index (κ1) is 16.8. The zero-order valence-corrected chi connectivity index (χ0v) is 12.3. The van der Waals surface area contributed by atoms with E-state index in [0.717, 1.165) is 19.0 Å². The standard InChI is InChI=1S/C12H17ClF3N3O/c1-4-5-11(2,3)18-8-6-17-19(7-12(14,15)16)10(20)9(8)13/h6,18H,4-5,7H2,1-3H3. The predicted molar refractivity (Wildman–Crippen MR) is 72.2 cm³/mol. The molecule has 1 aromatic rings. The van der Waals surface area contributed by atoms with E-state index in [1.54, 1.807) is 0 Å². The molecule has 0 amide bonds. The van der Waals surface area contributed by atoms with Crippen LogP contribution in [0.15, 0.2) is 11.0 Å². The van der Waals surface area contributed by atoms with Crippen molar-refractivity contribution in [2.75, 3.05) is 5.32 Å². The maximum absolute atomic E-state index is 12.3. The van der Waals surface area contributed by atoms with Crippen LogP contribution in [-0.2, 0) is 6.54 Å². The summed E-state index contributed by atoms with van der Waals surface area (Å²) >= 11 is 5.83. The van der Waals surface area contributed by atoms with Crippen molar-refractivity contribution in [2.24, 2.45) is 0 Å². The van der Waals surface area contributed by atoms with E-state index in [2.05, 4.69) is 10.4 Å². The van der Waals surface area contributed by atoms with E-state index in [1.807, 2.05) is 20.8 Å². The van der Waals surface area contributed by atoms with Gasteiger partial charge in [-0.05, 0) is 20.3 Å². The van der Waals surface area contributed by atoms with Gasteiger partial charge in [-0.3, -0.25) is 4.79 Å². The van der Waals surface area contributed by atoms with Crippen molar-refractivity contribution in [1.29, 1.82) is 0 Å². The van der Waals surface area contributed by atoms with Gasteiger partial charge in [0.15, 0.2) is 0 Å². The highest BCUT2D eigenvalue weighted by molar-refractivity contribution is 6.32. The third-order valence-electron chi connectivity index (χ3n) is 2.66. The van der Waals surface area contributed by atoms with Gasteiger partial charge in [-0.1, -0.05) is 24.9 Å². The highest BCUT2D eigenvalue weighted by atomic mass is 35.5. The van der Waals surface area contributed by atoms with Gasteiger partial charge in [-0.2, -0.15) is 18.3 Å². The van der Waals surface area contributed by atoms with Gasteiger partial charge in [0.2, 0.25) is 0 Å². The number of nitrogens with one attached hydrogen (secondary N) is 1. The summed E-state index contributed by atoms with van der Waals surface area (Å²) in [6.45, 7) is 4.37. The van der Waals surface area contributed by atoms with Crippen LogP contribution in [0.3, 0.4) is 0 Å². The zero-order chi connectivity index (χ0) is 15.6. The van der Waals surface area contributed by atoms with Crippen molar-refractivity contribution < 1.29 is 13.2 Å². The molecule has 1 rings (SSSR count). The number of rotatable bonds is 5. The lowest BCUT2D eigenvalue weighted by Crippen LogP contribution is -2.34. The SMILES string of the molecule is CCCC(C)(C)Nc1cnn(CC(F)(F)F)c(=O)c1Cl. The fourth-order valence-electron chi connectivity index (χ4n) is 1.89. The van der Waals surface area contributed by atoms with E-state index in [-0.39, 0.29) is 16.2 Å². The molecule has 0 aromatic carbocycles. The summed E-state index contributed by atoms with van der Waals surface area (Å²) in [5.74, 6) is 0. The van der Waals surface area contributed by atoms with Gasteiger partial charge in [0.1, 0.15) is 11.6 Å². The van der Waals surface area contributed by atoms with E-state index >= 15 is 0 Å². The molecule has 0 aliphatic rings. The molecule has 0 radical (unpaired) electrons. The third-order valence-corrected chi connectivity index (χ3v) is 3.03. The van der Waals surface area contributed by atoms with Crippen molar-refractivity contribution in [3.8, 4) is 0 Å². The summed E-state index contributed by atoms with van der Waals surface area (Å²) in [5, 5.41) is 6.25. The van der Waals surface area contributed by atoms with E-state index in [1.165, 1.54) is 0 Å². The third kappa shape index (κ3) is 4.70. The molecule has 0 fully saturated rings. The minimum atomic E-state index is -4.52. The Morgan fingerprint density at radius 1 is 1.40 bits per heavy atom. The van der Waals surface area contributed by atoms with Crippen LogP contribution >= 0.6 is 11.6 Å². The van der Waals surface area contributed by atoms with E-state index in [0.29, 0.717) is 4.68 Å². The summed E-state index contributed by atoms with van der Waals surface area (Å²) in [7, 11) is 0. The lowest BCUT2D eigenvalue weighted by atomic mass is 9.99. The molecule has 0 atom stereocenters. The van der Waals surface area contributed by atoms with Crippen LogP contribution in [0.25, 0.3) is 0 Å². The molecular weight excluding hydrogens is 295 g/mol. The van der Waals surface area contributed by atoms with Crippen LogP contribution in [0, 0.1) is 0 Å². The largest absolute Gasteiger partial charge is 0.408 e. The fourth-order valence-corrected chi connectivity index (χ4v) is 2.08. The molecule has 0 aliphatic heterocycles. The molecule has 0 spiro atoms. The van der Waals surface area contributed by atoms with E-state index in [4.69, 9.17) is 11.6 Å². The van der Waals surface area contributed by atoms with Crippen molar-refractivity contribution in [2.45, 2.75) is 51.9 Å². The molecule has 0 aliphatic carbocycles. The van der Waals surface area contributed by atoms with Gasteiger partial charge in [0.25, 0.3) is 5.56 Å². The van der Waals surface area contributed by atoms with Gasteiger partial charge in [0, 0.05) is 5.54 Å². The quantitative estimate of drug-likeness (QED) is 0.906. The summed E-state index contributed by atoms with van der Waals surface area (Å²) in [6, 6.07) is 0. The summed E-state index contributed by atoms with van der Waals surface area (Å²) in [6.07, 6.45) is -1.64. The zero-order valence-electron chi connectivity index (χ0n) is 11.5. The van der Waals surface area contributed by atoms with E-state index in [9.17, 15) is 18.0 Å². The van der Waals surface area contributed by atoms with Gasteiger partial charge >= 0.3 is 6.18 Å². The normalized spacial score (nSPS) is 12.6. The number of halogens is 4. The lowest BCUT2D eigenvalue weighted by molar-refractivity contribution is -0.143. The molecule has 4 nitrogen and oxygen atoms in total. The van der Waals surface area contributed by atoms with Crippen LogP contribution in [0.2, 0.25) is 5.02 Å². The molecule has 114 valence electrons.